The first-order chi connectivity index (χ1) is 16.0. The smallest absolute Gasteiger partial charge is 0.317 e. The molecule has 5 nitrogen and oxygen atoms in total. The zero-order chi connectivity index (χ0) is 23.7. The van der Waals surface area contributed by atoms with Crippen molar-refractivity contribution in [2.75, 3.05) is 26.7 Å². The Morgan fingerprint density at radius 3 is 2.73 bits per heavy atom. The first kappa shape index (κ1) is 26.3. The summed E-state index contributed by atoms with van der Waals surface area (Å²) in [6.45, 7) is 4.27. The summed E-state index contributed by atoms with van der Waals surface area (Å²) < 4.78 is 0. The van der Waals surface area contributed by atoms with E-state index >= 15 is 0 Å². The average molecular weight is 478 g/mol. The van der Waals surface area contributed by atoms with Gasteiger partial charge in [0.25, 0.3) is 0 Å². The van der Waals surface area contributed by atoms with Gasteiger partial charge in [-0.15, -0.1) is 0 Å². The molecule has 3 rings (SSSR count). The van der Waals surface area contributed by atoms with Gasteiger partial charge in [0.2, 0.25) is 0 Å². The molecule has 186 valence electrons. The van der Waals surface area contributed by atoms with Crippen molar-refractivity contribution in [1.82, 2.24) is 15.5 Å². The van der Waals surface area contributed by atoms with Gasteiger partial charge in [-0.2, -0.15) is 0 Å². The molecule has 1 aromatic carbocycles. The fraction of sp³-hybridized carbons (Fsp3) is 0.741. The second-order valence-corrected chi connectivity index (χ2v) is 10.7. The zero-order valence-electron chi connectivity index (χ0n) is 20.6. The van der Waals surface area contributed by atoms with Crippen LogP contribution in [0.1, 0.15) is 83.1 Å². The van der Waals surface area contributed by atoms with Crippen molar-refractivity contribution in [2.45, 2.75) is 89.2 Å². The number of carbonyl (C=O) groups is 1. The molecular weight excluding hydrogens is 434 g/mol. The van der Waals surface area contributed by atoms with Crippen LogP contribution in [0.4, 0.5) is 4.79 Å². The van der Waals surface area contributed by atoms with Gasteiger partial charge in [0.1, 0.15) is 0 Å². The van der Waals surface area contributed by atoms with Crippen molar-refractivity contribution < 1.29 is 9.90 Å². The summed E-state index contributed by atoms with van der Waals surface area (Å²) >= 11 is 6.28. The molecule has 1 aliphatic heterocycles. The highest BCUT2D eigenvalue weighted by atomic mass is 35.5. The summed E-state index contributed by atoms with van der Waals surface area (Å²) in [5.74, 6) is 0.719. The highest BCUT2D eigenvalue weighted by Crippen LogP contribution is 2.40. The standard InChI is InChI=1S/C27H44ClN3O2/c1-3-4-15-27(33,22-12-8-14-24(28)18-22)23-13-9-16-31(20-23)26(32)30-25(19-29-2)17-21-10-6-5-7-11-21/h8,12,14,18,21,23,25,29,33H,3-7,9-11,13,15-17,19-20H2,1-2H3,(H,30,32)/t23-,25?,27-/m1/s1. The molecule has 2 amide bonds. The highest BCUT2D eigenvalue weighted by Gasteiger charge is 2.41. The third-order valence-electron chi connectivity index (χ3n) is 7.74. The van der Waals surface area contributed by atoms with E-state index in [2.05, 4.69) is 17.6 Å². The number of aliphatic hydroxyl groups is 1. The third-order valence-corrected chi connectivity index (χ3v) is 7.98. The van der Waals surface area contributed by atoms with Crippen molar-refractivity contribution in [2.24, 2.45) is 11.8 Å². The second kappa shape index (κ2) is 13.0. The predicted molar refractivity (Wildman–Crippen MR) is 137 cm³/mol. The van der Waals surface area contributed by atoms with Crippen molar-refractivity contribution in [1.29, 1.82) is 0 Å². The number of piperidine rings is 1. The van der Waals surface area contributed by atoms with Crippen LogP contribution in [0.25, 0.3) is 0 Å². The minimum atomic E-state index is -0.966. The van der Waals surface area contributed by atoms with Crippen LogP contribution in [0.5, 0.6) is 0 Å². The number of urea groups is 1. The van der Waals surface area contributed by atoms with Gasteiger partial charge >= 0.3 is 6.03 Å². The number of benzene rings is 1. The van der Waals surface area contributed by atoms with Crippen molar-refractivity contribution in [3.8, 4) is 0 Å². The van der Waals surface area contributed by atoms with E-state index in [9.17, 15) is 9.90 Å². The lowest BCUT2D eigenvalue weighted by atomic mass is 9.74. The number of likely N-dealkylation sites (N-methyl/N-ethyl adjacent to an activating group) is 1. The molecular formula is C27H44ClN3O2. The van der Waals surface area contributed by atoms with Gasteiger partial charge in [-0.3, -0.25) is 0 Å². The average Bonchev–Trinajstić information content (AvgIpc) is 2.83. The largest absolute Gasteiger partial charge is 0.385 e. The number of hydrogen-bond donors (Lipinski definition) is 3. The first-order valence-electron chi connectivity index (χ1n) is 13.1. The quantitative estimate of drug-likeness (QED) is 0.405. The minimum Gasteiger partial charge on any atom is -0.385 e. The summed E-state index contributed by atoms with van der Waals surface area (Å²) in [7, 11) is 1.95. The molecule has 1 saturated carbocycles. The Balaban J connectivity index is 1.68. The molecule has 0 bridgehead atoms. The normalized spacial score (nSPS) is 22.5. The van der Waals surface area contributed by atoms with E-state index in [0.29, 0.717) is 23.9 Å². The van der Waals surface area contributed by atoms with Crippen LogP contribution in [-0.2, 0) is 5.60 Å². The minimum absolute atomic E-state index is 0.00288. The van der Waals surface area contributed by atoms with E-state index in [-0.39, 0.29) is 18.0 Å². The van der Waals surface area contributed by atoms with Crippen LogP contribution in [-0.4, -0.2) is 48.8 Å². The number of rotatable bonds is 10. The second-order valence-electron chi connectivity index (χ2n) is 10.3. The van der Waals surface area contributed by atoms with E-state index < -0.39 is 5.60 Å². The van der Waals surface area contributed by atoms with Gasteiger partial charge in [0, 0.05) is 36.6 Å². The highest BCUT2D eigenvalue weighted by molar-refractivity contribution is 6.30. The van der Waals surface area contributed by atoms with Gasteiger partial charge in [0.15, 0.2) is 0 Å². The van der Waals surface area contributed by atoms with Crippen LogP contribution in [0, 0.1) is 11.8 Å². The molecule has 1 aromatic rings. The number of carbonyl (C=O) groups excluding carboxylic acids is 1. The molecule has 3 N–H and O–H groups in total. The summed E-state index contributed by atoms with van der Waals surface area (Å²) in [5.41, 5.74) is -0.0900. The van der Waals surface area contributed by atoms with E-state index in [1.807, 2.05) is 36.2 Å². The Morgan fingerprint density at radius 1 is 1.24 bits per heavy atom. The Morgan fingerprint density at radius 2 is 2.03 bits per heavy atom. The number of nitrogens with one attached hydrogen (secondary N) is 2. The van der Waals surface area contributed by atoms with Crippen molar-refractivity contribution in [3.05, 3.63) is 34.9 Å². The van der Waals surface area contributed by atoms with Crippen LogP contribution in [0.15, 0.2) is 24.3 Å². The number of nitrogens with zero attached hydrogens (tertiary/aromatic N) is 1. The number of halogens is 1. The van der Waals surface area contributed by atoms with Gasteiger partial charge in [-0.05, 0) is 56.3 Å². The van der Waals surface area contributed by atoms with Crippen LogP contribution >= 0.6 is 11.6 Å². The van der Waals surface area contributed by atoms with Crippen molar-refractivity contribution >= 4 is 17.6 Å². The van der Waals surface area contributed by atoms with Gasteiger partial charge in [-0.1, -0.05) is 75.6 Å². The fourth-order valence-corrected chi connectivity index (χ4v) is 6.06. The monoisotopic (exact) mass is 477 g/mol. The molecule has 6 heteroatoms. The summed E-state index contributed by atoms with van der Waals surface area (Å²) in [5, 5.41) is 19.1. The SMILES string of the molecule is CCCC[C@@](O)(c1cccc(Cl)c1)[C@@H]1CCCN(C(=O)NC(CNC)CC2CCCCC2)C1. The molecule has 0 radical (unpaired) electrons. The first-order valence-corrected chi connectivity index (χ1v) is 13.5. The fourth-order valence-electron chi connectivity index (χ4n) is 5.87. The number of likely N-dealkylation sites (tertiary alicyclic amines) is 1. The maximum absolute atomic E-state index is 13.3. The maximum Gasteiger partial charge on any atom is 0.317 e. The molecule has 1 aliphatic carbocycles. The van der Waals surface area contributed by atoms with Gasteiger partial charge in [0.05, 0.1) is 5.60 Å². The lowest BCUT2D eigenvalue weighted by molar-refractivity contribution is -0.0555. The predicted octanol–water partition coefficient (Wildman–Crippen LogP) is 5.70. The molecule has 0 aromatic heterocycles. The van der Waals surface area contributed by atoms with Crippen LogP contribution < -0.4 is 10.6 Å². The summed E-state index contributed by atoms with van der Waals surface area (Å²) in [4.78, 5) is 15.2. The zero-order valence-corrected chi connectivity index (χ0v) is 21.4. The van der Waals surface area contributed by atoms with Gasteiger partial charge < -0.3 is 20.6 Å². The Labute approximate surface area is 205 Å². The molecule has 3 atom stereocenters. The topological polar surface area (TPSA) is 64.6 Å². The molecule has 2 fully saturated rings. The molecule has 1 saturated heterocycles. The lowest BCUT2D eigenvalue weighted by Crippen LogP contribution is -2.54. The van der Waals surface area contributed by atoms with E-state index in [1.165, 1.54) is 32.1 Å². The number of amides is 2. The van der Waals surface area contributed by atoms with Crippen LogP contribution in [0.3, 0.4) is 0 Å². The Bertz CT molecular complexity index is 740. The Kier molecular flexibility index (Phi) is 10.3. The molecule has 1 heterocycles. The van der Waals surface area contributed by atoms with Gasteiger partial charge in [-0.25, -0.2) is 4.79 Å². The Hall–Kier alpha value is -1.30. The molecule has 33 heavy (non-hydrogen) atoms. The van der Waals surface area contributed by atoms with Crippen LogP contribution in [0.2, 0.25) is 5.02 Å². The molecule has 1 unspecified atom stereocenters. The summed E-state index contributed by atoms with van der Waals surface area (Å²) in [6.07, 6.45) is 12.1. The maximum atomic E-state index is 13.3. The third kappa shape index (κ3) is 7.34. The molecule has 2 aliphatic rings. The number of unbranched alkanes of at least 4 members (excludes halogenated alkanes) is 1. The van der Waals surface area contributed by atoms with E-state index in [1.54, 1.807) is 0 Å². The summed E-state index contributed by atoms with van der Waals surface area (Å²) in [6, 6.07) is 7.80. The van der Waals surface area contributed by atoms with E-state index in [0.717, 1.165) is 50.8 Å². The number of hydrogen-bond acceptors (Lipinski definition) is 3. The van der Waals surface area contributed by atoms with E-state index in [4.69, 9.17) is 11.6 Å². The lowest BCUT2D eigenvalue weighted by Gasteiger charge is -2.43. The van der Waals surface area contributed by atoms with Crippen molar-refractivity contribution in [3.63, 3.8) is 0 Å². The molecule has 0 spiro atoms.